The molecule has 110 valence electrons. The summed E-state index contributed by atoms with van der Waals surface area (Å²) in [4.78, 5) is 12.4. The van der Waals surface area contributed by atoms with E-state index in [9.17, 15) is 4.79 Å². The molecule has 0 amide bonds. The van der Waals surface area contributed by atoms with Crippen molar-refractivity contribution < 1.29 is 4.79 Å². The number of benzene rings is 1. The lowest BCUT2D eigenvalue weighted by Gasteiger charge is -2.03. The van der Waals surface area contributed by atoms with Crippen molar-refractivity contribution in [3.05, 3.63) is 64.4 Å². The zero-order valence-corrected chi connectivity index (χ0v) is 13.0. The van der Waals surface area contributed by atoms with Crippen LogP contribution < -0.4 is 0 Å². The molecule has 0 saturated heterocycles. The van der Waals surface area contributed by atoms with Gasteiger partial charge in [0.05, 0.1) is 28.3 Å². The van der Waals surface area contributed by atoms with E-state index in [1.54, 1.807) is 16.1 Å². The Bertz CT molecular complexity index is 819. The van der Waals surface area contributed by atoms with E-state index >= 15 is 0 Å². The molecule has 0 unspecified atom stereocenters. The Kier molecular flexibility index (Phi) is 3.93. The van der Waals surface area contributed by atoms with E-state index in [-0.39, 0.29) is 5.78 Å². The summed E-state index contributed by atoms with van der Waals surface area (Å²) in [6, 6.07) is 9.77. The Balaban J connectivity index is 1.95. The number of ketones is 1. The number of allylic oxidation sites excluding steroid dienone is 1. The van der Waals surface area contributed by atoms with Crippen molar-refractivity contribution in [2.45, 2.75) is 13.8 Å². The Morgan fingerprint density at radius 2 is 2.00 bits per heavy atom. The van der Waals surface area contributed by atoms with Gasteiger partial charge in [0.1, 0.15) is 0 Å². The topological polar surface area (TPSA) is 60.7 Å². The van der Waals surface area contributed by atoms with E-state index < -0.39 is 0 Å². The summed E-state index contributed by atoms with van der Waals surface area (Å²) in [5.41, 5.74) is 3.80. The first-order valence-corrected chi connectivity index (χ1v) is 7.61. The number of carbonyl (C=O) groups is 1. The molecule has 0 N–H and O–H groups in total. The van der Waals surface area contributed by atoms with E-state index in [4.69, 9.17) is 0 Å². The van der Waals surface area contributed by atoms with Gasteiger partial charge < -0.3 is 0 Å². The fourth-order valence-corrected chi connectivity index (χ4v) is 2.73. The lowest BCUT2D eigenvalue weighted by Crippen LogP contribution is -2.01. The van der Waals surface area contributed by atoms with E-state index in [0.717, 1.165) is 11.4 Å². The zero-order valence-electron chi connectivity index (χ0n) is 12.2. The number of carbonyl (C=O) groups excluding carboxylic acids is 1. The molecule has 0 aliphatic rings. The van der Waals surface area contributed by atoms with Crippen LogP contribution in [0.1, 0.15) is 27.4 Å². The minimum absolute atomic E-state index is 0.0785. The molecule has 2 aromatic heterocycles. The number of para-hydroxylation sites is 1. The number of aryl methyl sites for hydroxylation is 1. The summed E-state index contributed by atoms with van der Waals surface area (Å²) < 4.78 is 5.56. The summed E-state index contributed by atoms with van der Waals surface area (Å²) in [7, 11) is 0. The van der Waals surface area contributed by atoms with Crippen LogP contribution in [0.4, 0.5) is 0 Å². The number of aromatic nitrogens is 4. The Labute approximate surface area is 132 Å². The molecule has 3 rings (SSSR count). The van der Waals surface area contributed by atoms with Crippen LogP contribution in [0.25, 0.3) is 11.8 Å². The molecule has 0 spiro atoms. The molecule has 0 aliphatic carbocycles. The van der Waals surface area contributed by atoms with Gasteiger partial charge in [0.25, 0.3) is 0 Å². The molecular formula is C16H14N4OS. The molecule has 0 bridgehead atoms. The third-order valence-corrected chi connectivity index (χ3v) is 3.84. The summed E-state index contributed by atoms with van der Waals surface area (Å²) in [5.74, 6) is -0.0785. The predicted octanol–water partition coefficient (Wildman–Crippen LogP) is 3.24. The summed E-state index contributed by atoms with van der Waals surface area (Å²) in [6.07, 6.45) is 3.19. The average molecular weight is 310 g/mol. The third kappa shape index (κ3) is 2.73. The maximum atomic E-state index is 12.4. The van der Waals surface area contributed by atoms with Crippen LogP contribution in [-0.2, 0) is 0 Å². The van der Waals surface area contributed by atoms with Crippen LogP contribution in [0.5, 0.6) is 0 Å². The predicted molar refractivity (Wildman–Crippen MR) is 86.3 cm³/mol. The molecule has 0 saturated carbocycles. The van der Waals surface area contributed by atoms with Crippen molar-refractivity contribution in [3.63, 3.8) is 0 Å². The normalized spacial score (nSPS) is 11.2. The average Bonchev–Trinajstić information content (AvgIpc) is 3.14. The number of hydrogen-bond donors (Lipinski definition) is 0. The fraction of sp³-hybridized carbons (Fsp3) is 0.125. The molecule has 0 fully saturated rings. The van der Waals surface area contributed by atoms with Crippen molar-refractivity contribution in [3.8, 4) is 5.69 Å². The summed E-state index contributed by atoms with van der Waals surface area (Å²) in [6.45, 7) is 3.75. The first-order valence-electron chi connectivity index (χ1n) is 6.78. The van der Waals surface area contributed by atoms with Gasteiger partial charge in [0.15, 0.2) is 5.78 Å². The van der Waals surface area contributed by atoms with Crippen LogP contribution in [0.2, 0.25) is 0 Å². The molecule has 2 heterocycles. The molecule has 0 atom stereocenters. The van der Waals surface area contributed by atoms with Gasteiger partial charge in [0.2, 0.25) is 0 Å². The van der Waals surface area contributed by atoms with E-state index in [2.05, 4.69) is 14.7 Å². The van der Waals surface area contributed by atoms with Gasteiger partial charge in [-0.3, -0.25) is 4.79 Å². The molecule has 5 nitrogen and oxygen atoms in total. The molecule has 3 aromatic rings. The van der Waals surface area contributed by atoms with Crippen molar-refractivity contribution in [1.29, 1.82) is 0 Å². The van der Waals surface area contributed by atoms with E-state index in [1.807, 2.05) is 44.2 Å². The van der Waals surface area contributed by atoms with Gasteiger partial charge in [0, 0.05) is 5.38 Å². The summed E-state index contributed by atoms with van der Waals surface area (Å²) >= 11 is 1.25. The van der Waals surface area contributed by atoms with Crippen LogP contribution >= 0.6 is 11.5 Å². The van der Waals surface area contributed by atoms with Gasteiger partial charge >= 0.3 is 0 Å². The Morgan fingerprint density at radius 3 is 2.68 bits per heavy atom. The third-order valence-electron chi connectivity index (χ3n) is 3.32. The van der Waals surface area contributed by atoms with Crippen molar-refractivity contribution in [1.82, 2.24) is 19.4 Å². The molecule has 6 heteroatoms. The Hall–Kier alpha value is -2.60. The second-order valence-corrected chi connectivity index (χ2v) is 5.43. The maximum absolute atomic E-state index is 12.4. The quantitative estimate of drug-likeness (QED) is 0.548. The first kappa shape index (κ1) is 14.3. The van der Waals surface area contributed by atoms with Crippen LogP contribution in [0, 0.1) is 13.8 Å². The smallest absolute Gasteiger partial charge is 0.189 e. The lowest BCUT2D eigenvalue weighted by molar-refractivity contribution is 0.104. The van der Waals surface area contributed by atoms with Crippen molar-refractivity contribution >= 4 is 23.4 Å². The largest absolute Gasteiger partial charge is 0.289 e. The van der Waals surface area contributed by atoms with Gasteiger partial charge in [-0.25, -0.2) is 4.68 Å². The van der Waals surface area contributed by atoms with Crippen molar-refractivity contribution in [2.24, 2.45) is 0 Å². The van der Waals surface area contributed by atoms with Crippen LogP contribution in [-0.4, -0.2) is 25.2 Å². The SMILES string of the molecule is Cc1nn(-c2ccccc2)c(C)c1C(=O)C=Cc1csnn1. The minimum Gasteiger partial charge on any atom is -0.289 e. The minimum atomic E-state index is -0.0785. The highest BCUT2D eigenvalue weighted by molar-refractivity contribution is 7.03. The van der Waals surface area contributed by atoms with Crippen molar-refractivity contribution in [2.75, 3.05) is 0 Å². The molecular weight excluding hydrogens is 296 g/mol. The molecule has 0 aliphatic heterocycles. The molecule has 22 heavy (non-hydrogen) atoms. The highest BCUT2D eigenvalue weighted by Gasteiger charge is 2.17. The highest BCUT2D eigenvalue weighted by atomic mass is 32.1. The van der Waals surface area contributed by atoms with E-state index in [0.29, 0.717) is 17.0 Å². The van der Waals surface area contributed by atoms with Gasteiger partial charge in [-0.05, 0) is 49.7 Å². The van der Waals surface area contributed by atoms with E-state index in [1.165, 1.54) is 17.6 Å². The first-order chi connectivity index (χ1) is 10.7. The molecule has 0 radical (unpaired) electrons. The van der Waals surface area contributed by atoms with Crippen LogP contribution in [0.3, 0.4) is 0 Å². The zero-order chi connectivity index (χ0) is 15.5. The monoisotopic (exact) mass is 310 g/mol. The number of hydrogen-bond acceptors (Lipinski definition) is 5. The van der Waals surface area contributed by atoms with Gasteiger partial charge in [-0.15, -0.1) is 5.10 Å². The highest BCUT2D eigenvalue weighted by Crippen LogP contribution is 2.19. The Morgan fingerprint density at radius 1 is 1.23 bits per heavy atom. The fourth-order valence-electron chi connectivity index (χ4n) is 2.31. The number of rotatable bonds is 4. The maximum Gasteiger partial charge on any atom is 0.189 e. The molecule has 1 aromatic carbocycles. The van der Waals surface area contributed by atoms with Crippen LogP contribution in [0.15, 0.2) is 41.8 Å². The standard InChI is InChI=1S/C16H14N4OS/c1-11-16(15(21)9-8-13-10-22-19-17-13)12(2)20(18-11)14-6-4-3-5-7-14/h3-10H,1-2H3. The summed E-state index contributed by atoms with van der Waals surface area (Å²) in [5, 5.41) is 10.2. The lowest BCUT2D eigenvalue weighted by atomic mass is 10.1. The second-order valence-electron chi connectivity index (χ2n) is 4.82. The van der Waals surface area contributed by atoms with Gasteiger partial charge in [-0.1, -0.05) is 22.7 Å². The number of nitrogens with zero attached hydrogens (tertiary/aromatic N) is 4. The second kappa shape index (κ2) is 6.03. The van der Waals surface area contributed by atoms with Gasteiger partial charge in [-0.2, -0.15) is 5.10 Å².